The first-order valence-corrected chi connectivity index (χ1v) is 8.22. The molecular formula is C16H22N2OS. The Morgan fingerprint density at radius 2 is 2.30 bits per heavy atom. The van der Waals surface area contributed by atoms with E-state index in [1.54, 1.807) is 7.11 Å². The third-order valence-electron chi connectivity index (χ3n) is 4.29. The van der Waals surface area contributed by atoms with Gasteiger partial charge in [0.2, 0.25) is 0 Å². The number of nitrogens with two attached hydrogens (primary N) is 1. The molecule has 1 heterocycles. The fourth-order valence-electron chi connectivity index (χ4n) is 3.12. The van der Waals surface area contributed by atoms with Crippen LogP contribution in [0.4, 0.5) is 0 Å². The first-order valence-electron chi connectivity index (χ1n) is 7.35. The van der Waals surface area contributed by atoms with Crippen LogP contribution in [0.2, 0.25) is 0 Å². The van der Waals surface area contributed by atoms with E-state index >= 15 is 0 Å². The van der Waals surface area contributed by atoms with Crippen molar-refractivity contribution >= 4 is 16.8 Å². The lowest BCUT2D eigenvalue weighted by Crippen LogP contribution is -2.31. The molecule has 3 unspecified atom stereocenters. The maximum atomic E-state index is 5.82. The van der Waals surface area contributed by atoms with E-state index in [2.05, 4.69) is 12.1 Å². The van der Waals surface area contributed by atoms with Crippen molar-refractivity contribution in [1.82, 2.24) is 0 Å². The van der Waals surface area contributed by atoms with Crippen LogP contribution in [-0.4, -0.2) is 30.0 Å². The van der Waals surface area contributed by atoms with Crippen molar-refractivity contribution in [3.63, 3.8) is 0 Å². The molecule has 3 rings (SSSR count). The summed E-state index contributed by atoms with van der Waals surface area (Å²) < 4.78 is 5.28. The minimum absolute atomic E-state index is 0.531. The summed E-state index contributed by atoms with van der Waals surface area (Å²) in [6, 6.07) is 8.82. The van der Waals surface area contributed by atoms with Gasteiger partial charge in [-0.15, -0.1) is 11.8 Å². The number of ether oxygens (including phenoxy) is 1. The van der Waals surface area contributed by atoms with E-state index in [1.807, 2.05) is 23.9 Å². The molecule has 1 aliphatic carbocycles. The summed E-state index contributed by atoms with van der Waals surface area (Å²) in [5, 5.41) is 1.95. The molecule has 1 aromatic carbocycles. The molecule has 3 atom stereocenters. The molecule has 0 amide bonds. The molecule has 20 heavy (non-hydrogen) atoms. The van der Waals surface area contributed by atoms with E-state index in [9.17, 15) is 0 Å². The molecule has 3 nitrogen and oxygen atoms in total. The molecule has 108 valence electrons. The molecule has 0 radical (unpaired) electrons. The lowest BCUT2D eigenvalue weighted by atomic mass is 9.86. The number of hydrogen-bond donors (Lipinski definition) is 1. The van der Waals surface area contributed by atoms with Crippen molar-refractivity contribution in [2.45, 2.75) is 37.0 Å². The summed E-state index contributed by atoms with van der Waals surface area (Å²) >= 11 is 1.98. The lowest BCUT2D eigenvalue weighted by molar-refractivity contribution is 0.347. The number of nitrogens with zero attached hydrogens (tertiary/aromatic N) is 1. The Balaban J connectivity index is 1.64. The quantitative estimate of drug-likeness (QED) is 0.927. The van der Waals surface area contributed by atoms with Gasteiger partial charge in [-0.3, -0.25) is 4.99 Å². The van der Waals surface area contributed by atoms with Crippen molar-refractivity contribution in [3.05, 3.63) is 29.8 Å². The zero-order valence-corrected chi connectivity index (χ0v) is 12.7. The molecule has 1 aliphatic heterocycles. The normalized spacial score (nSPS) is 28.9. The van der Waals surface area contributed by atoms with Gasteiger partial charge in [0.25, 0.3) is 0 Å². The van der Waals surface area contributed by atoms with E-state index < -0.39 is 0 Å². The highest BCUT2D eigenvalue weighted by Crippen LogP contribution is 2.40. The SMILES string of the molecule is COc1cccc(CC2=NC3CCC(CN)CC3S2)c1. The van der Waals surface area contributed by atoms with Gasteiger partial charge in [-0.2, -0.15) is 0 Å². The number of benzene rings is 1. The third-order valence-corrected chi connectivity index (χ3v) is 5.62. The monoisotopic (exact) mass is 290 g/mol. The van der Waals surface area contributed by atoms with Crippen LogP contribution in [0.15, 0.2) is 29.3 Å². The molecule has 1 saturated carbocycles. The molecule has 0 aromatic heterocycles. The van der Waals surface area contributed by atoms with Crippen LogP contribution in [0.25, 0.3) is 0 Å². The fraction of sp³-hybridized carbons (Fsp3) is 0.562. The van der Waals surface area contributed by atoms with E-state index in [4.69, 9.17) is 15.5 Å². The molecule has 2 N–H and O–H groups in total. The highest BCUT2D eigenvalue weighted by Gasteiger charge is 2.35. The van der Waals surface area contributed by atoms with E-state index in [0.29, 0.717) is 17.2 Å². The van der Waals surface area contributed by atoms with E-state index in [-0.39, 0.29) is 0 Å². The van der Waals surface area contributed by atoms with Crippen LogP contribution in [0, 0.1) is 5.92 Å². The zero-order valence-electron chi connectivity index (χ0n) is 11.9. The number of methoxy groups -OCH3 is 1. The Morgan fingerprint density at radius 1 is 1.40 bits per heavy atom. The summed E-state index contributed by atoms with van der Waals surface area (Å²) in [7, 11) is 1.71. The van der Waals surface area contributed by atoms with Crippen LogP contribution < -0.4 is 10.5 Å². The third kappa shape index (κ3) is 3.01. The van der Waals surface area contributed by atoms with Crippen LogP contribution >= 0.6 is 11.8 Å². The van der Waals surface area contributed by atoms with Gasteiger partial charge in [0.1, 0.15) is 5.75 Å². The summed E-state index contributed by atoms with van der Waals surface area (Å²) in [5.41, 5.74) is 7.10. The Labute approximate surface area is 125 Å². The number of rotatable bonds is 4. The molecule has 1 fully saturated rings. The van der Waals surface area contributed by atoms with Gasteiger partial charge < -0.3 is 10.5 Å². The van der Waals surface area contributed by atoms with Crippen LogP contribution in [0.5, 0.6) is 5.75 Å². The summed E-state index contributed by atoms with van der Waals surface area (Å²) in [4.78, 5) is 4.93. The Bertz CT molecular complexity index is 503. The topological polar surface area (TPSA) is 47.6 Å². The van der Waals surface area contributed by atoms with Crippen molar-refractivity contribution in [3.8, 4) is 5.75 Å². The van der Waals surface area contributed by atoms with Gasteiger partial charge in [0.05, 0.1) is 18.2 Å². The number of thioether (sulfide) groups is 1. The zero-order chi connectivity index (χ0) is 13.9. The van der Waals surface area contributed by atoms with Crippen molar-refractivity contribution in [1.29, 1.82) is 0 Å². The van der Waals surface area contributed by atoms with Crippen molar-refractivity contribution in [2.75, 3.05) is 13.7 Å². The van der Waals surface area contributed by atoms with Crippen LogP contribution in [0.1, 0.15) is 24.8 Å². The fourth-order valence-corrected chi connectivity index (χ4v) is 4.64. The minimum atomic E-state index is 0.531. The predicted octanol–water partition coefficient (Wildman–Crippen LogP) is 2.88. The average Bonchev–Trinajstić information content (AvgIpc) is 2.88. The van der Waals surface area contributed by atoms with Crippen molar-refractivity contribution in [2.24, 2.45) is 16.6 Å². The van der Waals surface area contributed by atoms with Crippen LogP contribution in [0.3, 0.4) is 0 Å². The van der Waals surface area contributed by atoms with Gasteiger partial charge in [0.15, 0.2) is 0 Å². The number of aliphatic imine (C=N–C) groups is 1. The predicted molar refractivity (Wildman–Crippen MR) is 85.7 cm³/mol. The second-order valence-electron chi connectivity index (χ2n) is 5.69. The van der Waals surface area contributed by atoms with E-state index in [0.717, 1.165) is 18.7 Å². The second-order valence-corrected chi connectivity index (χ2v) is 7.00. The molecule has 4 heteroatoms. The molecule has 0 spiro atoms. The summed E-state index contributed by atoms with van der Waals surface area (Å²) in [6.45, 7) is 0.828. The van der Waals surface area contributed by atoms with Gasteiger partial charge in [-0.1, -0.05) is 12.1 Å². The minimum Gasteiger partial charge on any atom is -0.497 e. The Morgan fingerprint density at radius 3 is 3.10 bits per heavy atom. The Kier molecular flexibility index (Phi) is 4.32. The molecule has 1 aromatic rings. The molecule has 0 bridgehead atoms. The Hall–Kier alpha value is -1.00. The largest absolute Gasteiger partial charge is 0.497 e. The molecule has 2 aliphatic rings. The standard InChI is InChI=1S/C16H22N2OS/c1-19-13-4-2-3-11(7-13)9-16-18-14-6-5-12(10-17)8-15(14)20-16/h2-4,7,12,14-15H,5-6,8-10,17H2,1H3. The summed E-state index contributed by atoms with van der Waals surface area (Å²) in [6.07, 6.45) is 4.62. The van der Waals surface area contributed by atoms with E-state index in [1.165, 1.54) is 29.9 Å². The highest BCUT2D eigenvalue weighted by atomic mass is 32.2. The molecule has 0 saturated heterocycles. The van der Waals surface area contributed by atoms with Crippen molar-refractivity contribution < 1.29 is 4.74 Å². The lowest BCUT2D eigenvalue weighted by Gasteiger charge is -2.28. The first kappa shape index (κ1) is 14.0. The highest BCUT2D eigenvalue weighted by molar-refractivity contribution is 8.14. The van der Waals surface area contributed by atoms with Gasteiger partial charge in [-0.05, 0) is 49.4 Å². The van der Waals surface area contributed by atoms with Gasteiger partial charge in [-0.25, -0.2) is 0 Å². The van der Waals surface area contributed by atoms with Crippen LogP contribution in [-0.2, 0) is 6.42 Å². The van der Waals surface area contributed by atoms with Gasteiger partial charge in [0, 0.05) is 11.7 Å². The maximum absolute atomic E-state index is 5.82. The number of fused-ring (bicyclic) bond motifs is 1. The smallest absolute Gasteiger partial charge is 0.119 e. The van der Waals surface area contributed by atoms with Gasteiger partial charge >= 0.3 is 0 Å². The average molecular weight is 290 g/mol. The molecular weight excluding hydrogens is 268 g/mol. The maximum Gasteiger partial charge on any atom is 0.119 e. The number of hydrogen-bond acceptors (Lipinski definition) is 4. The first-order chi connectivity index (χ1) is 9.78. The second kappa shape index (κ2) is 6.19. The summed E-state index contributed by atoms with van der Waals surface area (Å²) in [5.74, 6) is 1.63.